The summed E-state index contributed by atoms with van der Waals surface area (Å²) in [6.07, 6.45) is 1.54. The number of halogens is 2. The van der Waals surface area contributed by atoms with Crippen LogP contribution in [0, 0.1) is 0 Å². The average Bonchev–Trinajstić information content (AvgIpc) is 2.68. The Morgan fingerprint density at radius 2 is 1.72 bits per heavy atom. The Morgan fingerprint density at radius 1 is 1.07 bits per heavy atom. The van der Waals surface area contributed by atoms with Crippen LogP contribution in [0.2, 0.25) is 0 Å². The van der Waals surface area contributed by atoms with Gasteiger partial charge >= 0.3 is 12.6 Å². The second kappa shape index (κ2) is 10.8. The maximum absolute atomic E-state index is 12.4. The molecule has 0 saturated heterocycles. The molecule has 0 aliphatic heterocycles. The minimum absolute atomic E-state index is 0.0434. The van der Waals surface area contributed by atoms with E-state index in [2.05, 4.69) is 10.1 Å². The van der Waals surface area contributed by atoms with Gasteiger partial charge in [0.1, 0.15) is 11.5 Å². The summed E-state index contributed by atoms with van der Waals surface area (Å²) in [4.78, 5) is 24.2. The molecule has 0 heterocycles. The third kappa shape index (κ3) is 6.91. The lowest BCUT2D eigenvalue weighted by atomic mass is 10.2. The first-order valence-corrected chi connectivity index (χ1v) is 8.86. The second-order valence-corrected chi connectivity index (χ2v) is 5.75. The van der Waals surface area contributed by atoms with Crippen molar-refractivity contribution in [1.82, 2.24) is 0 Å². The summed E-state index contributed by atoms with van der Waals surface area (Å²) in [6, 6.07) is 12.9. The van der Waals surface area contributed by atoms with E-state index in [0.717, 1.165) is 0 Å². The summed E-state index contributed by atoms with van der Waals surface area (Å²) < 4.78 is 39.8. The molecule has 0 aliphatic carbocycles. The largest absolute Gasteiger partial charge is 0.493 e. The van der Waals surface area contributed by atoms with E-state index in [1.54, 1.807) is 24.3 Å². The number of nitrogens with one attached hydrogen (secondary N) is 1. The van der Waals surface area contributed by atoms with Crippen molar-refractivity contribution in [2.24, 2.45) is 0 Å². The lowest BCUT2D eigenvalue weighted by Crippen LogP contribution is -2.29. The van der Waals surface area contributed by atoms with Crippen molar-refractivity contribution in [3.05, 3.63) is 60.2 Å². The number of carbonyl (C=O) groups is 2. The normalized spacial score (nSPS) is 11.9. The number of hydrogen-bond acceptors (Lipinski definition) is 5. The molecule has 1 unspecified atom stereocenters. The molecule has 1 atom stereocenters. The van der Waals surface area contributed by atoms with E-state index in [-0.39, 0.29) is 11.4 Å². The molecule has 6 nitrogen and oxygen atoms in total. The molecule has 0 saturated carbocycles. The first-order chi connectivity index (χ1) is 13.9. The molecule has 0 bridgehead atoms. The highest BCUT2D eigenvalue weighted by Gasteiger charge is 2.19. The molecule has 2 aromatic rings. The van der Waals surface area contributed by atoms with Crippen LogP contribution in [-0.2, 0) is 14.3 Å². The Bertz CT molecular complexity index is 870. The molecular weight excluding hydrogens is 384 g/mol. The Balaban J connectivity index is 1.97. The van der Waals surface area contributed by atoms with Crippen molar-refractivity contribution < 1.29 is 32.6 Å². The van der Waals surface area contributed by atoms with Crippen molar-refractivity contribution in [2.75, 3.05) is 11.9 Å². The number of para-hydroxylation sites is 3. The highest BCUT2D eigenvalue weighted by Crippen LogP contribution is 2.25. The number of ether oxygens (including phenoxy) is 3. The van der Waals surface area contributed by atoms with Crippen LogP contribution in [0.15, 0.2) is 54.6 Å². The standard InChI is InChI=1S/C21H21F2NO5/c1-3-27-17-10-6-4-8-15(17)12-13-19(25)28-14(2)20(26)24-16-9-5-7-11-18(16)29-21(22)23/h4-14,21H,3H2,1-2H3,(H,24,26)/b13-12+. The number of benzene rings is 2. The van der Waals surface area contributed by atoms with E-state index >= 15 is 0 Å². The van der Waals surface area contributed by atoms with Gasteiger partial charge in [0.15, 0.2) is 6.10 Å². The van der Waals surface area contributed by atoms with Gasteiger partial charge in [0.2, 0.25) is 0 Å². The van der Waals surface area contributed by atoms with Crippen LogP contribution in [0.25, 0.3) is 6.08 Å². The molecule has 8 heteroatoms. The minimum Gasteiger partial charge on any atom is -0.493 e. The fourth-order valence-corrected chi connectivity index (χ4v) is 2.33. The van der Waals surface area contributed by atoms with E-state index in [9.17, 15) is 18.4 Å². The third-order valence-electron chi connectivity index (χ3n) is 3.64. The van der Waals surface area contributed by atoms with Crippen molar-refractivity contribution in [3.63, 3.8) is 0 Å². The quantitative estimate of drug-likeness (QED) is 0.498. The fourth-order valence-electron chi connectivity index (χ4n) is 2.33. The molecule has 29 heavy (non-hydrogen) atoms. The van der Waals surface area contributed by atoms with E-state index < -0.39 is 24.6 Å². The van der Waals surface area contributed by atoms with Crippen molar-refractivity contribution in [1.29, 1.82) is 0 Å². The van der Waals surface area contributed by atoms with Crippen molar-refractivity contribution in [2.45, 2.75) is 26.6 Å². The van der Waals surface area contributed by atoms with E-state index in [0.29, 0.717) is 17.9 Å². The number of esters is 1. The predicted octanol–water partition coefficient (Wildman–Crippen LogP) is 4.27. The molecule has 0 fully saturated rings. The Kier molecular flexibility index (Phi) is 8.14. The summed E-state index contributed by atoms with van der Waals surface area (Å²) in [7, 11) is 0. The second-order valence-electron chi connectivity index (χ2n) is 5.75. The van der Waals surface area contributed by atoms with Crippen LogP contribution in [0.4, 0.5) is 14.5 Å². The first kappa shape index (κ1) is 21.9. The van der Waals surface area contributed by atoms with Gasteiger partial charge in [-0.3, -0.25) is 4.79 Å². The van der Waals surface area contributed by atoms with Gasteiger partial charge in [-0.2, -0.15) is 8.78 Å². The first-order valence-electron chi connectivity index (χ1n) is 8.86. The van der Waals surface area contributed by atoms with Gasteiger partial charge in [0.25, 0.3) is 5.91 Å². The molecule has 0 spiro atoms. The highest BCUT2D eigenvalue weighted by molar-refractivity contribution is 5.97. The van der Waals surface area contributed by atoms with Crippen molar-refractivity contribution >= 4 is 23.6 Å². The molecule has 0 aliphatic rings. The summed E-state index contributed by atoms with van der Waals surface area (Å²) >= 11 is 0. The SMILES string of the molecule is CCOc1ccccc1/C=C/C(=O)OC(C)C(=O)Nc1ccccc1OC(F)F. The van der Waals surface area contributed by atoms with Crippen LogP contribution in [0.1, 0.15) is 19.4 Å². The lowest BCUT2D eigenvalue weighted by molar-refractivity contribution is -0.148. The molecule has 0 radical (unpaired) electrons. The topological polar surface area (TPSA) is 73.9 Å². The Hall–Kier alpha value is -3.42. The molecule has 154 valence electrons. The van der Waals surface area contributed by atoms with Crippen LogP contribution in [0.3, 0.4) is 0 Å². The number of anilines is 1. The van der Waals surface area contributed by atoms with E-state index in [1.807, 2.05) is 13.0 Å². The summed E-state index contributed by atoms with van der Waals surface area (Å²) in [5.74, 6) is -1.01. The monoisotopic (exact) mass is 405 g/mol. The minimum atomic E-state index is -3.03. The summed E-state index contributed by atoms with van der Waals surface area (Å²) in [5, 5.41) is 2.40. The van der Waals surface area contributed by atoms with Crippen LogP contribution < -0.4 is 14.8 Å². The number of rotatable bonds is 9. The highest BCUT2D eigenvalue weighted by atomic mass is 19.3. The van der Waals surface area contributed by atoms with Gasteiger partial charge in [-0.15, -0.1) is 0 Å². The van der Waals surface area contributed by atoms with Gasteiger partial charge in [-0.1, -0.05) is 30.3 Å². The fraction of sp³-hybridized carbons (Fsp3) is 0.238. The number of carbonyl (C=O) groups excluding carboxylic acids is 2. The van der Waals surface area contributed by atoms with Crippen LogP contribution >= 0.6 is 0 Å². The van der Waals surface area contributed by atoms with Gasteiger partial charge in [-0.05, 0) is 38.1 Å². The maximum atomic E-state index is 12.4. The van der Waals surface area contributed by atoms with E-state index in [4.69, 9.17) is 9.47 Å². The number of alkyl halides is 2. The lowest BCUT2D eigenvalue weighted by Gasteiger charge is -2.15. The predicted molar refractivity (Wildman–Crippen MR) is 104 cm³/mol. The zero-order valence-electron chi connectivity index (χ0n) is 15.9. The molecule has 2 aromatic carbocycles. The third-order valence-corrected chi connectivity index (χ3v) is 3.64. The van der Waals surface area contributed by atoms with Crippen molar-refractivity contribution in [3.8, 4) is 11.5 Å². The smallest absolute Gasteiger partial charge is 0.387 e. The van der Waals surface area contributed by atoms with E-state index in [1.165, 1.54) is 37.3 Å². The van der Waals surface area contributed by atoms with Crippen LogP contribution in [0.5, 0.6) is 11.5 Å². The van der Waals surface area contributed by atoms with Gasteiger partial charge < -0.3 is 19.5 Å². The summed E-state index contributed by atoms with van der Waals surface area (Å²) in [5.41, 5.74) is 0.725. The number of amides is 1. The molecule has 2 rings (SSSR count). The molecule has 1 N–H and O–H groups in total. The zero-order chi connectivity index (χ0) is 21.2. The van der Waals surface area contributed by atoms with Gasteiger partial charge in [0, 0.05) is 11.6 Å². The molecule has 0 aromatic heterocycles. The zero-order valence-corrected chi connectivity index (χ0v) is 15.9. The molecule has 1 amide bonds. The summed E-state index contributed by atoms with van der Waals surface area (Å²) in [6.45, 7) is 0.655. The average molecular weight is 405 g/mol. The Labute approximate surface area is 167 Å². The van der Waals surface area contributed by atoms with Gasteiger partial charge in [-0.25, -0.2) is 4.79 Å². The number of hydrogen-bond donors (Lipinski definition) is 1. The Morgan fingerprint density at radius 3 is 2.41 bits per heavy atom. The van der Waals surface area contributed by atoms with Gasteiger partial charge in [0.05, 0.1) is 12.3 Å². The maximum Gasteiger partial charge on any atom is 0.387 e. The molecular formula is C21H21F2NO5. The van der Waals surface area contributed by atoms with Crippen LogP contribution in [-0.4, -0.2) is 31.2 Å².